The van der Waals surface area contributed by atoms with Crippen molar-refractivity contribution in [3.8, 4) is 0 Å². The number of hydrogen-bond donors (Lipinski definition) is 0. The first-order valence-electron chi connectivity index (χ1n) is 12.1. The van der Waals surface area contributed by atoms with Gasteiger partial charge in [0, 0.05) is 22.8 Å². The second kappa shape index (κ2) is 10.7. The monoisotopic (exact) mass is 455 g/mol. The molecule has 0 amide bonds. The highest BCUT2D eigenvalue weighted by atomic mass is 15.4. The number of hydrogen-bond acceptors (Lipinski definition) is 1. The SMILES string of the molecule is CC1C=CC(N(C(=Nc2ccccc2)N(c2ccccc2)c2ccccc2)c2ccccc2)=CC1. The molecule has 1 atom stereocenters. The maximum absolute atomic E-state index is 5.28. The van der Waals surface area contributed by atoms with Crippen LogP contribution in [0, 0.1) is 5.92 Å². The molecular formula is C32H29N3. The van der Waals surface area contributed by atoms with Crippen molar-refractivity contribution in [2.24, 2.45) is 10.9 Å². The predicted octanol–water partition coefficient (Wildman–Crippen LogP) is 8.50. The lowest BCUT2D eigenvalue weighted by atomic mass is 10.0. The highest BCUT2D eigenvalue weighted by molar-refractivity contribution is 6.14. The summed E-state index contributed by atoms with van der Waals surface area (Å²) in [5.74, 6) is 1.33. The molecule has 3 nitrogen and oxygen atoms in total. The second-order valence-corrected chi connectivity index (χ2v) is 8.63. The van der Waals surface area contributed by atoms with Crippen LogP contribution in [0.3, 0.4) is 0 Å². The Bertz CT molecular complexity index is 1270. The first-order valence-corrected chi connectivity index (χ1v) is 12.1. The van der Waals surface area contributed by atoms with Crippen LogP contribution in [0.25, 0.3) is 0 Å². The van der Waals surface area contributed by atoms with E-state index < -0.39 is 0 Å². The number of guanidine groups is 1. The molecule has 5 rings (SSSR count). The maximum atomic E-state index is 5.28. The van der Waals surface area contributed by atoms with Gasteiger partial charge < -0.3 is 0 Å². The van der Waals surface area contributed by atoms with Crippen molar-refractivity contribution < 1.29 is 0 Å². The lowest BCUT2D eigenvalue weighted by Gasteiger charge is -2.36. The summed E-state index contributed by atoms with van der Waals surface area (Å²) >= 11 is 0. The van der Waals surface area contributed by atoms with Gasteiger partial charge in [-0.25, -0.2) is 4.99 Å². The van der Waals surface area contributed by atoms with Gasteiger partial charge in [0.2, 0.25) is 5.96 Å². The highest BCUT2D eigenvalue weighted by Gasteiger charge is 2.26. The van der Waals surface area contributed by atoms with Crippen LogP contribution in [0.15, 0.2) is 150 Å². The third-order valence-electron chi connectivity index (χ3n) is 5.98. The van der Waals surface area contributed by atoms with Crippen LogP contribution in [0.2, 0.25) is 0 Å². The molecule has 0 aromatic heterocycles. The van der Waals surface area contributed by atoms with Gasteiger partial charge in [-0.1, -0.05) is 91.9 Å². The summed E-state index contributed by atoms with van der Waals surface area (Å²) in [6.45, 7) is 2.25. The molecule has 0 N–H and O–H groups in total. The number of nitrogens with zero attached hydrogens (tertiary/aromatic N) is 3. The second-order valence-electron chi connectivity index (χ2n) is 8.63. The molecule has 4 aromatic rings. The number of rotatable bonds is 5. The number of anilines is 3. The van der Waals surface area contributed by atoms with E-state index in [0.29, 0.717) is 5.92 Å². The fourth-order valence-electron chi connectivity index (χ4n) is 4.19. The zero-order chi connectivity index (χ0) is 23.9. The Morgan fingerprint density at radius 1 is 0.629 bits per heavy atom. The minimum Gasteiger partial charge on any atom is -0.281 e. The van der Waals surface area contributed by atoms with Gasteiger partial charge >= 0.3 is 0 Å². The molecule has 4 aromatic carbocycles. The van der Waals surface area contributed by atoms with E-state index in [9.17, 15) is 0 Å². The zero-order valence-corrected chi connectivity index (χ0v) is 19.9. The summed E-state index contributed by atoms with van der Waals surface area (Å²) in [5, 5.41) is 0. The minimum absolute atomic E-state index is 0.519. The van der Waals surface area contributed by atoms with Crippen molar-refractivity contribution in [3.63, 3.8) is 0 Å². The number of benzene rings is 4. The minimum atomic E-state index is 0.519. The normalized spacial score (nSPS) is 15.4. The summed E-state index contributed by atoms with van der Waals surface area (Å²) in [6.07, 6.45) is 7.80. The van der Waals surface area contributed by atoms with E-state index in [1.807, 2.05) is 42.5 Å². The van der Waals surface area contributed by atoms with Crippen molar-refractivity contribution in [2.75, 3.05) is 9.80 Å². The number of aliphatic imine (C=N–C) groups is 1. The van der Waals surface area contributed by atoms with Crippen LogP contribution in [-0.4, -0.2) is 5.96 Å². The quantitative estimate of drug-likeness (QED) is 0.222. The molecule has 0 heterocycles. The summed E-state index contributed by atoms with van der Waals surface area (Å²) < 4.78 is 0. The van der Waals surface area contributed by atoms with E-state index in [-0.39, 0.29) is 0 Å². The van der Waals surface area contributed by atoms with Crippen LogP contribution in [0.4, 0.5) is 22.7 Å². The number of allylic oxidation sites excluding steroid dienone is 3. The molecule has 0 saturated carbocycles. The van der Waals surface area contributed by atoms with Crippen molar-refractivity contribution in [1.82, 2.24) is 0 Å². The van der Waals surface area contributed by atoms with Gasteiger partial charge in [-0.05, 0) is 66.9 Å². The zero-order valence-electron chi connectivity index (χ0n) is 19.9. The summed E-state index contributed by atoms with van der Waals surface area (Å²) in [7, 11) is 0. The lowest BCUT2D eigenvalue weighted by molar-refractivity contribution is 0.729. The molecule has 0 aliphatic heterocycles. The Balaban J connectivity index is 1.77. The van der Waals surface area contributed by atoms with Crippen LogP contribution < -0.4 is 9.80 Å². The van der Waals surface area contributed by atoms with Crippen LogP contribution in [0.5, 0.6) is 0 Å². The van der Waals surface area contributed by atoms with Crippen LogP contribution >= 0.6 is 0 Å². The summed E-state index contributed by atoms with van der Waals surface area (Å²) in [5.41, 5.74) is 5.16. The Morgan fingerprint density at radius 3 is 1.54 bits per heavy atom. The van der Waals surface area contributed by atoms with E-state index in [2.05, 4.69) is 114 Å². The Labute approximate surface area is 208 Å². The summed E-state index contributed by atoms with van der Waals surface area (Å²) in [6, 6.07) is 41.5. The average molecular weight is 456 g/mol. The van der Waals surface area contributed by atoms with Gasteiger partial charge in [-0.2, -0.15) is 0 Å². The van der Waals surface area contributed by atoms with Crippen LogP contribution in [0.1, 0.15) is 13.3 Å². The van der Waals surface area contributed by atoms with Crippen LogP contribution in [-0.2, 0) is 0 Å². The van der Waals surface area contributed by atoms with Gasteiger partial charge in [0.1, 0.15) is 0 Å². The predicted molar refractivity (Wildman–Crippen MR) is 148 cm³/mol. The fraction of sp³-hybridized carbons (Fsp3) is 0.0938. The molecule has 0 spiro atoms. The molecule has 3 heteroatoms. The maximum Gasteiger partial charge on any atom is 0.220 e. The average Bonchev–Trinajstić information content (AvgIpc) is 2.92. The van der Waals surface area contributed by atoms with Gasteiger partial charge in [-0.3, -0.25) is 9.80 Å². The number of para-hydroxylation sites is 4. The largest absolute Gasteiger partial charge is 0.281 e. The molecule has 0 fully saturated rings. The first kappa shape index (κ1) is 22.4. The highest BCUT2D eigenvalue weighted by Crippen LogP contribution is 2.33. The molecular weight excluding hydrogens is 426 g/mol. The standard InChI is InChI=1S/C32H29N3/c1-26-22-24-31(25-23-26)35(30-20-12-5-13-21-30)32(33-27-14-6-2-7-15-27)34(28-16-8-3-9-17-28)29-18-10-4-11-19-29/h2-22,24-26H,23H2,1H3. The molecule has 0 bridgehead atoms. The molecule has 0 saturated heterocycles. The Kier molecular flexibility index (Phi) is 6.86. The summed E-state index contributed by atoms with van der Waals surface area (Å²) in [4.78, 5) is 9.76. The van der Waals surface area contributed by atoms with Crippen molar-refractivity contribution in [2.45, 2.75) is 13.3 Å². The van der Waals surface area contributed by atoms with Gasteiger partial charge in [0.15, 0.2) is 0 Å². The van der Waals surface area contributed by atoms with Gasteiger partial charge in [0.05, 0.1) is 5.69 Å². The molecule has 172 valence electrons. The van der Waals surface area contributed by atoms with E-state index in [1.54, 1.807) is 0 Å². The van der Waals surface area contributed by atoms with Gasteiger partial charge in [-0.15, -0.1) is 0 Å². The topological polar surface area (TPSA) is 18.8 Å². The molecule has 35 heavy (non-hydrogen) atoms. The van der Waals surface area contributed by atoms with E-state index >= 15 is 0 Å². The van der Waals surface area contributed by atoms with Gasteiger partial charge in [0.25, 0.3) is 0 Å². The molecule has 0 radical (unpaired) electrons. The third-order valence-corrected chi connectivity index (χ3v) is 5.98. The fourth-order valence-corrected chi connectivity index (χ4v) is 4.19. The lowest BCUT2D eigenvalue weighted by Crippen LogP contribution is -2.42. The molecule has 1 aliphatic rings. The van der Waals surface area contributed by atoms with E-state index in [1.165, 1.54) is 0 Å². The Morgan fingerprint density at radius 2 is 1.09 bits per heavy atom. The van der Waals surface area contributed by atoms with E-state index in [0.717, 1.165) is 40.8 Å². The first-order chi connectivity index (χ1) is 17.3. The van der Waals surface area contributed by atoms with E-state index in [4.69, 9.17) is 4.99 Å². The third kappa shape index (κ3) is 5.25. The molecule has 1 aliphatic carbocycles. The van der Waals surface area contributed by atoms with Crippen molar-refractivity contribution >= 4 is 28.7 Å². The molecule has 1 unspecified atom stereocenters. The smallest absolute Gasteiger partial charge is 0.220 e. The van der Waals surface area contributed by atoms with Crippen molar-refractivity contribution in [3.05, 3.63) is 145 Å². The van der Waals surface area contributed by atoms with Crippen molar-refractivity contribution in [1.29, 1.82) is 0 Å². The Hall–Kier alpha value is -4.37.